The first kappa shape index (κ1) is 18.8. The van der Waals surface area contributed by atoms with Crippen LogP contribution in [0.3, 0.4) is 0 Å². The summed E-state index contributed by atoms with van der Waals surface area (Å²) in [6.07, 6.45) is 4.53. The number of ether oxygens (including phenoxy) is 1. The van der Waals surface area contributed by atoms with Crippen LogP contribution in [-0.4, -0.2) is 36.0 Å². The van der Waals surface area contributed by atoms with Gasteiger partial charge in [0, 0.05) is 19.5 Å². The van der Waals surface area contributed by atoms with Crippen LogP contribution in [0.1, 0.15) is 24.8 Å². The molecule has 4 rings (SSSR count). The average molecular weight is 398 g/mol. The Labute approximate surface area is 169 Å². The number of nitrogens with zero attached hydrogens (tertiary/aromatic N) is 2. The van der Waals surface area contributed by atoms with Crippen molar-refractivity contribution in [3.8, 4) is 5.75 Å². The molecule has 0 radical (unpaired) electrons. The van der Waals surface area contributed by atoms with Gasteiger partial charge in [-0.2, -0.15) is 0 Å². The molecule has 0 aliphatic carbocycles. The average Bonchev–Trinajstić information content (AvgIpc) is 3.15. The molecule has 1 N–H and O–H groups in total. The van der Waals surface area contributed by atoms with Crippen LogP contribution in [0, 0.1) is 5.92 Å². The maximum absolute atomic E-state index is 10.7. The number of aromatic amines is 1. The van der Waals surface area contributed by atoms with Crippen LogP contribution in [0.5, 0.6) is 5.75 Å². The highest BCUT2D eigenvalue weighted by molar-refractivity contribution is 6.32. The lowest BCUT2D eigenvalue weighted by Crippen LogP contribution is -2.34. The van der Waals surface area contributed by atoms with E-state index in [0.29, 0.717) is 29.7 Å². The number of nitrogens with one attached hydrogen (secondary N) is 1. The molecule has 3 aromatic rings. The van der Waals surface area contributed by atoms with Gasteiger partial charge in [0.2, 0.25) is 5.95 Å². The number of benzene rings is 2. The van der Waals surface area contributed by atoms with Crippen LogP contribution < -0.4 is 9.64 Å². The lowest BCUT2D eigenvalue weighted by atomic mass is 9.94. The third kappa shape index (κ3) is 4.30. The summed E-state index contributed by atoms with van der Waals surface area (Å²) < 4.78 is 5.90. The maximum atomic E-state index is 10.7. The predicted octanol–water partition coefficient (Wildman–Crippen LogP) is 4.64. The third-order valence-electron chi connectivity index (χ3n) is 5.39. The monoisotopic (exact) mass is 397 g/mol. The van der Waals surface area contributed by atoms with Gasteiger partial charge in [-0.15, -0.1) is 0 Å². The van der Waals surface area contributed by atoms with Gasteiger partial charge in [-0.05, 0) is 55.0 Å². The molecule has 0 bridgehead atoms. The number of carbonyl (C=O) groups is 1. The standard InChI is InChI=1S/C22H24ClN3O2/c23-18-6-5-17(9-13-27)15-21(18)28-14-10-16-7-11-26(12-8-16)22-24-19-3-1-2-4-20(19)25-22/h1-6,13,15-16H,7-12,14H2,(H,24,25). The van der Waals surface area contributed by atoms with E-state index in [9.17, 15) is 4.79 Å². The Morgan fingerprint density at radius 2 is 2.04 bits per heavy atom. The maximum Gasteiger partial charge on any atom is 0.203 e. The first-order valence-corrected chi connectivity index (χ1v) is 10.2. The number of hydrogen-bond donors (Lipinski definition) is 1. The Bertz CT molecular complexity index is 915. The van der Waals surface area contributed by atoms with Crippen LogP contribution >= 0.6 is 11.6 Å². The minimum atomic E-state index is 0.383. The van der Waals surface area contributed by atoms with Crippen LogP contribution in [0.15, 0.2) is 42.5 Å². The Kier molecular flexibility index (Phi) is 5.81. The number of hydrogen-bond acceptors (Lipinski definition) is 4. The highest BCUT2D eigenvalue weighted by Crippen LogP contribution is 2.28. The number of carbonyl (C=O) groups excluding carboxylic acids is 1. The van der Waals surface area contributed by atoms with Crippen LogP contribution in [0.25, 0.3) is 11.0 Å². The molecule has 1 fully saturated rings. The van der Waals surface area contributed by atoms with Gasteiger partial charge >= 0.3 is 0 Å². The van der Waals surface area contributed by atoms with Crippen molar-refractivity contribution in [2.75, 3.05) is 24.6 Å². The number of halogens is 1. The molecule has 1 aromatic heterocycles. The fourth-order valence-corrected chi connectivity index (χ4v) is 3.91. The minimum Gasteiger partial charge on any atom is -0.492 e. The second kappa shape index (κ2) is 8.65. The number of anilines is 1. The molecule has 2 heterocycles. The summed E-state index contributed by atoms with van der Waals surface area (Å²) in [7, 11) is 0. The summed E-state index contributed by atoms with van der Waals surface area (Å²) in [5, 5.41) is 0.592. The van der Waals surface area contributed by atoms with E-state index < -0.39 is 0 Å². The van der Waals surface area contributed by atoms with Crippen LogP contribution in [0.4, 0.5) is 5.95 Å². The molecule has 1 saturated heterocycles. The fraction of sp³-hybridized carbons (Fsp3) is 0.364. The van der Waals surface area contributed by atoms with E-state index in [0.717, 1.165) is 61.2 Å². The van der Waals surface area contributed by atoms with Gasteiger partial charge in [-0.3, -0.25) is 0 Å². The van der Waals surface area contributed by atoms with Gasteiger partial charge in [-0.25, -0.2) is 4.98 Å². The first-order valence-electron chi connectivity index (χ1n) is 9.77. The summed E-state index contributed by atoms with van der Waals surface area (Å²) >= 11 is 6.21. The van der Waals surface area contributed by atoms with E-state index in [1.807, 2.05) is 30.3 Å². The topological polar surface area (TPSA) is 58.2 Å². The van der Waals surface area contributed by atoms with Crippen molar-refractivity contribution in [2.24, 2.45) is 5.92 Å². The highest BCUT2D eigenvalue weighted by Gasteiger charge is 2.21. The molecule has 0 spiro atoms. The minimum absolute atomic E-state index is 0.383. The number of aromatic nitrogens is 2. The van der Waals surface area contributed by atoms with Crippen LogP contribution in [0.2, 0.25) is 5.02 Å². The van der Waals surface area contributed by atoms with Crippen molar-refractivity contribution in [2.45, 2.75) is 25.7 Å². The molecule has 28 heavy (non-hydrogen) atoms. The summed E-state index contributed by atoms with van der Waals surface area (Å²) in [6.45, 7) is 2.64. The van der Waals surface area contributed by atoms with Crippen molar-refractivity contribution >= 4 is 34.9 Å². The summed E-state index contributed by atoms with van der Waals surface area (Å²) in [5.74, 6) is 2.27. The van der Waals surface area contributed by atoms with Crippen LogP contribution in [-0.2, 0) is 11.2 Å². The van der Waals surface area contributed by atoms with Crippen molar-refractivity contribution < 1.29 is 9.53 Å². The molecular formula is C22H24ClN3O2. The van der Waals surface area contributed by atoms with Crippen molar-refractivity contribution in [3.05, 3.63) is 53.1 Å². The van der Waals surface area contributed by atoms with Gasteiger partial charge in [0.1, 0.15) is 12.0 Å². The smallest absolute Gasteiger partial charge is 0.203 e. The molecule has 1 aliphatic rings. The van der Waals surface area contributed by atoms with Gasteiger partial charge in [0.05, 0.1) is 22.7 Å². The molecule has 0 atom stereocenters. The first-order chi connectivity index (χ1) is 13.7. The number of imidazole rings is 1. The number of aldehydes is 1. The van der Waals surface area contributed by atoms with E-state index in [-0.39, 0.29) is 0 Å². The summed E-state index contributed by atoms with van der Waals surface area (Å²) in [5.41, 5.74) is 3.02. The largest absolute Gasteiger partial charge is 0.492 e. The van der Waals surface area contributed by atoms with E-state index in [1.54, 1.807) is 6.07 Å². The molecule has 1 aliphatic heterocycles. The summed E-state index contributed by atoms with van der Waals surface area (Å²) in [4.78, 5) is 21.1. The molecule has 0 saturated carbocycles. The summed E-state index contributed by atoms with van der Waals surface area (Å²) in [6, 6.07) is 13.6. The SMILES string of the molecule is O=CCc1ccc(Cl)c(OCCC2CCN(c3nc4ccccc4[nH]3)CC2)c1. The van der Waals surface area contributed by atoms with Crippen molar-refractivity contribution in [1.29, 1.82) is 0 Å². The third-order valence-corrected chi connectivity index (χ3v) is 5.70. The van der Waals surface area contributed by atoms with E-state index in [4.69, 9.17) is 21.3 Å². The van der Waals surface area contributed by atoms with E-state index >= 15 is 0 Å². The molecule has 6 heteroatoms. The lowest BCUT2D eigenvalue weighted by molar-refractivity contribution is -0.107. The predicted molar refractivity (Wildman–Crippen MR) is 112 cm³/mol. The van der Waals surface area contributed by atoms with Crippen molar-refractivity contribution in [3.63, 3.8) is 0 Å². The lowest BCUT2D eigenvalue weighted by Gasteiger charge is -2.31. The van der Waals surface area contributed by atoms with E-state index in [1.165, 1.54) is 0 Å². The number of rotatable bonds is 7. The number of fused-ring (bicyclic) bond motifs is 1. The zero-order chi connectivity index (χ0) is 19.3. The molecule has 2 aromatic carbocycles. The Morgan fingerprint density at radius 1 is 1.21 bits per heavy atom. The fourth-order valence-electron chi connectivity index (χ4n) is 3.74. The molecule has 0 amide bonds. The van der Waals surface area contributed by atoms with Gasteiger partial charge < -0.3 is 19.4 Å². The second-order valence-electron chi connectivity index (χ2n) is 7.28. The Balaban J connectivity index is 1.27. The Hall–Kier alpha value is -2.53. The zero-order valence-electron chi connectivity index (χ0n) is 15.7. The number of piperidine rings is 1. The molecule has 5 nitrogen and oxygen atoms in total. The number of H-pyrrole nitrogens is 1. The van der Waals surface area contributed by atoms with Gasteiger partial charge in [0.25, 0.3) is 0 Å². The second-order valence-corrected chi connectivity index (χ2v) is 7.69. The van der Waals surface area contributed by atoms with Gasteiger partial charge in [0.15, 0.2) is 0 Å². The highest BCUT2D eigenvalue weighted by atomic mass is 35.5. The Morgan fingerprint density at radius 3 is 2.82 bits per heavy atom. The van der Waals surface area contributed by atoms with Gasteiger partial charge in [-0.1, -0.05) is 29.8 Å². The number of para-hydroxylation sites is 2. The quantitative estimate of drug-likeness (QED) is 0.590. The van der Waals surface area contributed by atoms with E-state index in [2.05, 4.69) is 16.0 Å². The zero-order valence-corrected chi connectivity index (χ0v) is 16.5. The molecular weight excluding hydrogens is 374 g/mol. The molecule has 0 unspecified atom stereocenters. The van der Waals surface area contributed by atoms with Crippen molar-refractivity contribution in [1.82, 2.24) is 9.97 Å². The molecule has 146 valence electrons. The normalized spacial score (nSPS) is 15.1.